The van der Waals surface area contributed by atoms with Crippen LogP contribution in [0.1, 0.15) is 22.3 Å². The molecule has 1 aliphatic carbocycles. The molecule has 1 aliphatic rings. The number of nitrogens with zero attached hydrogens (tertiary/aromatic N) is 1. The maximum absolute atomic E-state index is 7.05. The van der Waals surface area contributed by atoms with Crippen LogP contribution in [0.3, 0.4) is 0 Å². The molecule has 12 aromatic carbocycles. The lowest BCUT2D eigenvalue weighted by Gasteiger charge is -2.34. The van der Waals surface area contributed by atoms with Crippen molar-refractivity contribution in [1.82, 2.24) is 0 Å². The molecular weight excluding hydrogens is 835 g/mol. The molecule has 0 unspecified atom stereocenters. The molecule has 0 saturated carbocycles. The van der Waals surface area contributed by atoms with E-state index in [0.29, 0.717) is 0 Å². The van der Waals surface area contributed by atoms with E-state index in [0.717, 1.165) is 60.9 Å². The van der Waals surface area contributed by atoms with E-state index in [9.17, 15) is 0 Å². The van der Waals surface area contributed by atoms with Crippen LogP contribution in [0.4, 0.5) is 17.1 Å². The fraction of sp³-hybridized carbons (Fsp3) is 0.0149. The van der Waals surface area contributed by atoms with Gasteiger partial charge in [-0.15, -0.1) is 0 Å². The molecule has 0 amide bonds. The molecule has 69 heavy (non-hydrogen) atoms. The van der Waals surface area contributed by atoms with Crippen LogP contribution in [-0.2, 0) is 5.41 Å². The molecule has 0 N–H and O–H groups in total. The van der Waals surface area contributed by atoms with Crippen molar-refractivity contribution < 1.29 is 4.42 Å². The molecule has 0 aliphatic heterocycles. The van der Waals surface area contributed by atoms with Crippen molar-refractivity contribution in [2.24, 2.45) is 0 Å². The van der Waals surface area contributed by atoms with Crippen LogP contribution in [0.25, 0.3) is 87.6 Å². The van der Waals surface area contributed by atoms with Gasteiger partial charge < -0.3 is 9.32 Å². The van der Waals surface area contributed by atoms with E-state index in [4.69, 9.17) is 4.42 Å². The third kappa shape index (κ3) is 6.06. The van der Waals surface area contributed by atoms with E-state index >= 15 is 0 Å². The Kier molecular flexibility index (Phi) is 8.84. The van der Waals surface area contributed by atoms with E-state index in [2.05, 4.69) is 266 Å². The SMILES string of the molecule is c1ccc(-c2ccc3c(c2)C(c2ccccc2)(c2ccccc2)c2cc(-c4cc5c(oc6cccc(N(c7ccc8ccccc8c7)c7ccc8ccccc8c7)c65)c5ccccc45)ccc2-3)cc1. The average Bonchev–Trinajstić information content (AvgIpc) is 3.95. The maximum atomic E-state index is 7.05. The molecule has 1 aromatic heterocycles. The summed E-state index contributed by atoms with van der Waals surface area (Å²) in [5.41, 5.74) is 16.7. The zero-order chi connectivity index (χ0) is 45.5. The normalized spacial score (nSPS) is 12.8. The minimum Gasteiger partial charge on any atom is -0.455 e. The molecule has 0 spiro atoms. The van der Waals surface area contributed by atoms with Crippen molar-refractivity contribution in [2.45, 2.75) is 5.41 Å². The van der Waals surface area contributed by atoms with Crippen molar-refractivity contribution in [2.75, 3.05) is 4.90 Å². The molecule has 14 rings (SSSR count). The summed E-state index contributed by atoms with van der Waals surface area (Å²) in [5.74, 6) is 0. The quantitative estimate of drug-likeness (QED) is 0.159. The van der Waals surface area contributed by atoms with Crippen molar-refractivity contribution in [3.8, 4) is 33.4 Å². The zero-order valence-corrected chi connectivity index (χ0v) is 37.7. The third-order valence-corrected chi connectivity index (χ3v) is 14.7. The smallest absolute Gasteiger partial charge is 0.143 e. The summed E-state index contributed by atoms with van der Waals surface area (Å²) in [7, 11) is 0. The summed E-state index contributed by atoms with van der Waals surface area (Å²) in [5, 5.41) is 9.19. The molecule has 2 heteroatoms. The first-order valence-electron chi connectivity index (χ1n) is 23.8. The minimum absolute atomic E-state index is 0.580. The van der Waals surface area contributed by atoms with Crippen molar-refractivity contribution >= 4 is 71.3 Å². The van der Waals surface area contributed by atoms with Gasteiger partial charge in [-0.05, 0) is 137 Å². The molecule has 13 aromatic rings. The fourth-order valence-corrected chi connectivity index (χ4v) is 11.6. The first kappa shape index (κ1) is 39.2. The van der Waals surface area contributed by atoms with Crippen LogP contribution in [0, 0.1) is 0 Å². The Bertz CT molecular complexity index is 4010. The van der Waals surface area contributed by atoms with Crippen LogP contribution in [-0.4, -0.2) is 0 Å². The Labute approximate surface area is 400 Å². The summed E-state index contributed by atoms with van der Waals surface area (Å²) in [6.45, 7) is 0. The van der Waals surface area contributed by atoms with Gasteiger partial charge in [0.15, 0.2) is 0 Å². The van der Waals surface area contributed by atoms with Gasteiger partial charge in [0.25, 0.3) is 0 Å². The van der Waals surface area contributed by atoms with Crippen LogP contribution >= 0.6 is 0 Å². The first-order valence-corrected chi connectivity index (χ1v) is 23.8. The van der Waals surface area contributed by atoms with E-state index in [1.165, 1.54) is 66.1 Å². The predicted octanol–water partition coefficient (Wildman–Crippen LogP) is 18.2. The van der Waals surface area contributed by atoms with Gasteiger partial charge >= 0.3 is 0 Å². The Hall–Kier alpha value is -8.98. The van der Waals surface area contributed by atoms with Crippen molar-refractivity contribution in [3.05, 3.63) is 283 Å². The Morgan fingerprint density at radius 3 is 1.46 bits per heavy atom. The third-order valence-electron chi connectivity index (χ3n) is 14.7. The number of hydrogen-bond donors (Lipinski definition) is 0. The second-order valence-electron chi connectivity index (χ2n) is 18.4. The topological polar surface area (TPSA) is 16.4 Å². The average molecular weight is 878 g/mol. The lowest BCUT2D eigenvalue weighted by atomic mass is 9.67. The second-order valence-corrected chi connectivity index (χ2v) is 18.4. The summed E-state index contributed by atoms with van der Waals surface area (Å²) < 4.78 is 7.05. The number of rotatable bonds is 7. The van der Waals surface area contributed by atoms with E-state index in [-0.39, 0.29) is 0 Å². The highest BCUT2D eigenvalue weighted by Crippen LogP contribution is 2.58. The molecule has 2 nitrogen and oxygen atoms in total. The van der Waals surface area contributed by atoms with Gasteiger partial charge in [0.05, 0.1) is 16.5 Å². The molecule has 322 valence electrons. The fourth-order valence-electron chi connectivity index (χ4n) is 11.6. The molecule has 0 fully saturated rings. The number of hydrogen-bond acceptors (Lipinski definition) is 2. The Morgan fingerprint density at radius 2 is 0.841 bits per heavy atom. The monoisotopic (exact) mass is 877 g/mol. The van der Waals surface area contributed by atoms with Gasteiger partial charge in [0.1, 0.15) is 11.2 Å². The van der Waals surface area contributed by atoms with Crippen LogP contribution in [0.15, 0.2) is 265 Å². The number of furan rings is 1. The molecule has 0 radical (unpaired) electrons. The molecule has 0 atom stereocenters. The first-order chi connectivity index (χ1) is 34.2. The summed E-state index contributed by atoms with van der Waals surface area (Å²) >= 11 is 0. The van der Waals surface area contributed by atoms with Gasteiger partial charge in [-0.25, -0.2) is 0 Å². The molecule has 0 bridgehead atoms. The van der Waals surface area contributed by atoms with Crippen LogP contribution in [0.2, 0.25) is 0 Å². The molecule has 1 heterocycles. The highest BCUT2D eigenvalue weighted by Gasteiger charge is 2.46. The van der Waals surface area contributed by atoms with Gasteiger partial charge in [-0.2, -0.15) is 0 Å². The van der Waals surface area contributed by atoms with Gasteiger partial charge in [-0.1, -0.05) is 206 Å². The largest absolute Gasteiger partial charge is 0.455 e. The second kappa shape index (κ2) is 15.6. The summed E-state index contributed by atoms with van der Waals surface area (Å²) in [6.07, 6.45) is 0. The highest BCUT2D eigenvalue weighted by molar-refractivity contribution is 6.23. The van der Waals surface area contributed by atoms with Crippen molar-refractivity contribution in [1.29, 1.82) is 0 Å². The summed E-state index contributed by atoms with van der Waals surface area (Å²) in [6, 6.07) is 95.7. The van der Waals surface area contributed by atoms with Crippen molar-refractivity contribution in [3.63, 3.8) is 0 Å². The Morgan fingerprint density at radius 1 is 0.319 bits per heavy atom. The highest BCUT2D eigenvalue weighted by atomic mass is 16.3. The van der Waals surface area contributed by atoms with Crippen LogP contribution < -0.4 is 4.90 Å². The predicted molar refractivity (Wildman–Crippen MR) is 289 cm³/mol. The van der Waals surface area contributed by atoms with E-state index < -0.39 is 5.41 Å². The molecular formula is C67H43NO. The van der Waals surface area contributed by atoms with Gasteiger partial charge in [-0.3, -0.25) is 0 Å². The lowest BCUT2D eigenvalue weighted by molar-refractivity contribution is 0.672. The molecule has 0 saturated heterocycles. The summed E-state index contributed by atoms with van der Waals surface area (Å²) in [4.78, 5) is 2.41. The number of benzene rings is 12. The van der Waals surface area contributed by atoms with E-state index in [1.807, 2.05) is 0 Å². The van der Waals surface area contributed by atoms with Crippen LogP contribution in [0.5, 0.6) is 0 Å². The maximum Gasteiger partial charge on any atom is 0.143 e. The minimum atomic E-state index is -0.580. The van der Waals surface area contributed by atoms with E-state index in [1.54, 1.807) is 0 Å². The number of anilines is 3. The zero-order valence-electron chi connectivity index (χ0n) is 37.7. The standard InChI is InChI=1S/C67H43NO/c1-4-17-44(18-5-1)49-33-37-56-57-38-34-50(42-62(57)67(61(56)41-49,51-23-6-2-7-24-51)52-25-8-3-9-26-52)59-43-60-65-63(29-16-30-64(65)69-66(60)58-28-15-14-27-55(58)59)68(53-35-31-45-19-10-12-21-47(45)39-53)54-36-32-46-20-11-13-22-48(46)40-54/h1-43H. The number of fused-ring (bicyclic) bond motifs is 10. The van der Waals surface area contributed by atoms with Gasteiger partial charge in [0.2, 0.25) is 0 Å². The van der Waals surface area contributed by atoms with Gasteiger partial charge in [0, 0.05) is 22.1 Å². The lowest BCUT2D eigenvalue weighted by Crippen LogP contribution is -2.28. The Balaban J connectivity index is 1.03.